The molecule has 0 atom stereocenters. The fraction of sp³-hybridized carbons (Fsp3) is 0.333. The van der Waals surface area contributed by atoms with Gasteiger partial charge < -0.3 is 15.3 Å². The Kier molecular flexibility index (Phi) is 6.60. The topological polar surface area (TPSA) is 125 Å². The third-order valence-corrected chi connectivity index (χ3v) is 4.95. The van der Waals surface area contributed by atoms with E-state index < -0.39 is 23.4 Å². The zero-order chi connectivity index (χ0) is 23.6. The maximum absolute atomic E-state index is 12.5. The first-order valence-corrected chi connectivity index (χ1v) is 9.62. The summed E-state index contributed by atoms with van der Waals surface area (Å²) in [5, 5.41) is 10.9. The second-order valence-corrected chi connectivity index (χ2v) is 7.14. The van der Waals surface area contributed by atoms with Crippen LogP contribution in [-0.4, -0.2) is 62.5 Å². The van der Waals surface area contributed by atoms with Crippen LogP contribution in [0.4, 0.5) is 19.1 Å². The smallest absolute Gasteiger partial charge is 0.475 e. The summed E-state index contributed by atoms with van der Waals surface area (Å²) in [5.41, 5.74) is 0.329. The van der Waals surface area contributed by atoms with Crippen molar-refractivity contribution in [1.82, 2.24) is 24.4 Å². The highest BCUT2D eigenvalue weighted by Gasteiger charge is 2.38. The van der Waals surface area contributed by atoms with Crippen LogP contribution < -0.4 is 21.5 Å². The van der Waals surface area contributed by atoms with Crippen molar-refractivity contribution in [2.24, 2.45) is 7.05 Å². The number of carbonyl (C=O) groups is 1. The molecule has 0 saturated carbocycles. The van der Waals surface area contributed by atoms with E-state index in [4.69, 9.17) is 21.5 Å². The van der Waals surface area contributed by atoms with E-state index in [1.165, 1.54) is 4.57 Å². The van der Waals surface area contributed by atoms with Crippen molar-refractivity contribution in [1.29, 1.82) is 0 Å². The molecule has 3 heterocycles. The molecule has 3 aromatic rings. The predicted octanol–water partition coefficient (Wildman–Crippen LogP) is 1.11. The number of piperazine rings is 1. The predicted molar refractivity (Wildman–Crippen MR) is 111 cm³/mol. The Balaban J connectivity index is 0.000000360. The lowest BCUT2D eigenvalue weighted by atomic mass is 10.3. The molecule has 1 aromatic carbocycles. The number of nitrogens with zero attached hydrogens (tertiary/aromatic N) is 4. The van der Waals surface area contributed by atoms with E-state index in [0.29, 0.717) is 27.8 Å². The highest BCUT2D eigenvalue weighted by Crippen LogP contribution is 2.29. The van der Waals surface area contributed by atoms with Gasteiger partial charge in [-0.2, -0.15) is 18.2 Å². The number of aromatic amines is 1. The van der Waals surface area contributed by atoms with E-state index >= 15 is 0 Å². The molecule has 1 aliphatic heterocycles. The normalized spacial score (nSPS) is 14.2. The number of anilines is 1. The van der Waals surface area contributed by atoms with Crippen LogP contribution in [0.3, 0.4) is 0 Å². The van der Waals surface area contributed by atoms with Crippen molar-refractivity contribution >= 4 is 34.7 Å². The number of fused-ring (bicyclic) bond motifs is 1. The van der Waals surface area contributed by atoms with Crippen LogP contribution in [0.2, 0.25) is 5.02 Å². The van der Waals surface area contributed by atoms with Gasteiger partial charge >= 0.3 is 17.8 Å². The van der Waals surface area contributed by atoms with Crippen LogP contribution in [-0.2, 0) is 11.8 Å². The SMILES string of the molecule is Cn1c(=O)[nH]c(=O)c2c1nc(N1CCNCC1)n2-c1ccccc1Cl.O=C(O)C(F)(F)F. The van der Waals surface area contributed by atoms with Crippen LogP contribution in [0.1, 0.15) is 0 Å². The monoisotopic (exact) mass is 474 g/mol. The van der Waals surface area contributed by atoms with Gasteiger partial charge in [0.25, 0.3) is 5.56 Å². The average Bonchev–Trinajstić information content (AvgIpc) is 3.14. The summed E-state index contributed by atoms with van der Waals surface area (Å²) >= 11 is 6.39. The number of nitrogens with one attached hydrogen (secondary N) is 2. The summed E-state index contributed by atoms with van der Waals surface area (Å²) in [5.74, 6) is -2.15. The second-order valence-electron chi connectivity index (χ2n) is 6.73. The molecule has 0 radical (unpaired) electrons. The van der Waals surface area contributed by atoms with Crippen molar-refractivity contribution in [3.05, 3.63) is 50.1 Å². The highest BCUT2D eigenvalue weighted by atomic mass is 35.5. The van der Waals surface area contributed by atoms with E-state index in [-0.39, 0.29) is 0 Å². The molecule has 0 amide bonds. The number of carboxylic acids is 1. The molecule has 10 nitrogen and oxygen atoms in total. The van der Waals surface area contributed by atoms with Crippen LogP contribution in [0.25, 0.3) is 16.9 Å². The molecule has 1 fully saturated rings. The van der Waals surface area contributed by atoms with Crippen LogP contribution >= 0.6 is 11.6 Å². The maximum Gasteiger partial charge on any atom is 0.490 e. The fourth-order valence-electron chi connectivity index (χ4n) is 3.11. The number of aliphatic carboxylic acids is 1. The van der Waals surface area contributed by atoms with E-state index in [1.54, 1.807) is 17.7 Å². The highest BCUT2D eigenvalue weighted by molar-refractivity contribution is 6.32. The summed E-state index contributed by atoms with van der Waals surface area (Å²) in [6.45, 7) is 3.14. The average molecular weight is 475 g/mol. The van der Waals surface area contributed by atoms with Gasteiger partial charge in [-0.25, -0.2) is 9.59 Å². The molecule has 1 aliphatic rings. The Morgan fingerprint density at radius 3 is 2.34 bits per heavy atom. The maximum atomic E-state index is 12.5. The minimum Gasteiger partial charge on any atom is -0.475 e. The molecule has 4 rings (SSSR count). The minimum atomic E-state index is -5.08. The molecule has 32 heavy (non-hydrogen) atoms. The van der Waals surface area contributed by atoms with Crippen molar-refractivity contribution in [3.63, 3.8) is 0 Å². The van der Waals surface area contributed by atoms with Gasteiger partial charge in [-0.15, -0.1) is 0 Å². The number of benzene rings is 1. The first-order chi connectivity index (χ1) is 15.0. The van der Waals surface area contributed by atoms with Crippen molar-refractivity contribution in [2.45, 2.75) is 6.18 Å². The largest absolute Gasteiger partial charge is 0.490 e. The summed E-state index contributed by atoms with van der Waals surface area (Å²) in [6.07, 6.45) is -5.08. The number of para-hydroxylation sites is 1. The van der Waals surface area contributed by atoms with E-state index in [2.05, 4.69) is 20.2 Å². The first-order valence-electron chi connectivity index (χ1n) is 9.24. The van der Waals surface area contributed by atoms with Gasteiger partial charge in [0.05, 0.1) is 10.7 Å². The number of halogens is 4. The Morgan fingerprint density at radius 1 is 1.19 bits per heavy atom. The van der Waals surface area contributed by atoms with Gasteiger partial charge in [-0.05, 0) is 12.1 Å². The lowest BCUT2D eigenvalue weighted by Gasteiger charge is -2.28. The Morgan fingerprint density at radius 2 is 1.78 bits per heavy atom. The molecule has 0 unspecified atom stereocenters. The first kappa shape index (κ1) is 23.3. The zero-order valence-corrected chi connectivity index (χ0v) is 17.4. The number of hydrogen-bond acceptors (Lipinski definition) is 6. The molecule has 172 valence electrons. The number of carboxylic acid groups (broad SMARTS) is 1. The van der Waals surface area contributed by atoms with Crippen molar-refractivity contribution in [3.8, 4) is 5.69 Å². The van der Waals surface area contributed by atoms with Gasteiger partial charge in [-0.3, -0.25) is 18.9 Å². The van der Waals surface area contributed by atoms with Gasteiger partial charge in [0, 0.05) is 33.2 Å². The van der Waals surface area contributed by atoms with Gasteiger partial charge in [0.15, 0.2) is 11.2 Å². The number of hydrogen-bond donors (Lipinski definition) is 3. The standard InChI is InChI=1S/C16H17ClN6O2.C2HF3O2/c1-21-13-12(14(24)20-16(21)25)23(11-5-3-2-4-10(11)17)15(19-13)22-8-6-18-7-9-22;3-2(4,5)1(6)7/h2-5,18H,6-9H2,1H3,(H,20,24,25);(H,6,7). The second kappa shape index (κ2) is 9.04. The molecule has 3 N–H and O–H groups in total. The van der Waals surface area contributed by atoms with Crippen molar-refractivity contribution < 1.29 is 23.1 Å². The van der Waals surface area contributed by atoms with E-state index in [9.17, 15) is 22.8 Å². The van der Waals surface area contributed by atoms with E-state index in [1.807, 2.05) is 18.2 Å². The summed E-state index contributed by atoms with van der Waals surface area (Å²) < 4.78 is 34.8. The third kappa shape index (κ3) is 4.62. The van der Waals surface area contributed by atoms with Crippen molar-refractivity contribution in [2.75, 3.05) is 31.1 Å². The minimum absolute atomic E-state index is 0.309. The molecule has 0 spiro atoms. The number of imidazole rings is 1. The lowest BCUT2D eigenvalue weighted by Crippen LogP contribution is -2.44. The molecular formula is C18H18ClF3N6O4. The van der Waals surface area contributed by atoms with E-state index in [0.717, 1.165) is 26.2 Å². The van der Waals surface area contributed by atoms with Gasteiger partial charge in [0.1, 0.15) is 0 Å². The molecule has 0 aliphatic carbocycles. The Labute approximate surface area is 182 Å². The number of aromatic nitrogens is 4. The Hall–Kier alpha value is -3.32. The fourth-order valence-corrected chi connectivity index (χ4v) is 3.33. The molecule has 2 aromatic heterocycles. The van der Waals surface area contributed by atoms with Crippen LogP contribution in [0, 0.1) is 0 Å². The zero-order valence-electron chi connectivity index (χ0n) is 16.6. The third-order valence-electron chi connectivity index (χ3n) is 4.63. The number of rotatable bonds is 2. The van der Waals surface area contributed by atoms with Gasteiger partial charge in [-0.1, -0.05) is 23.7 Å². The molecule has 0 bridgehead atoms. The quantitative estimate of drug-likeness (QED) is 0.508. The molecule has 1 saturated heterocycles. The van der Waals surface area contributed by atoms with Gasteiger partial charge in [0.2, 0.25) is 5.95 Å². The summed E-state index contributed by atoms with van der Waals surface area (Å²) in [7, 11) is 1.59. The summed E-state index contributed by atoms with van der Waals surface area (Å²) in [6, 6.07) is 7.28. The number of aryl methyl sites for hydroxylation is 1. The number of H-pyrrole nitrogens is 1. The van der Waals surface area contributed by atoms with Crippen LogP contribution in [0.15, 0.2) is 33.9 Å². The number of alkyl halides is 3. The summed E-state index contributed by atoms with van der Waals surface area (Å²) in [4.78, 5) is 42.5. The lowest BCUT2D eigenvalue weighted by molar-refractivity contribution is -0.192. The molecule has 14 heteroatoms. The Bertz CT molecular complexity index is 1260. The molecular weight excluding hydrogens is 457 g/mol. The van der Waals surface area contributed by atoms with Crippen LogP contribution in [0.5, 0.6) is 0 Å².